The number of rotatable bonds is 7. The lowest BCUT2D eigenvalue weighted by molar-refractivity contribution is -0.136. The van der Waals surface area contributed by atoms with Crippen LogP contribution in [0.15, 0.2) is 35.9 Å². The summed E-state index contributed by atoms with van der Waals surface area (Å²) >= 11 is 0. The van der Waals surface area contributed by atoms with E-state index in [1.807, 2.05) is 44.2 Å². The van der Waals surface area contributed by atoms with Crippen LogP contribution in [0, 0.1) is 0 Å². The molecule has 0 aliphatic rings. The summed E-state index contributed by atoms with van der Waals surface area (Å²) in [6, 6.07) is 7.72. The monoisotopic (exact) mass is 263 g/mol. The molecule has 0 amide bonds. The Labute approximate surface area is 114 Å². The second-order valence-electron chi connectivity index (χ2n) is 3.91. The number of carbonyl (C=O) groups excluding carboxylic acids is 1. The van der Waals surface area contributed by atoms with Gasteiger partial charge < -0.3 is 14.8 Å². The highest BCUT2D eigenvalue weighted by Gasteiger charge is 2.05. The number of hydrogen-bond acceptors (Lipinski definition) is 4. The smallest absolute Gasteiger partial charge is 0.333 e. The van der Waals surface area contributed by atoms with Crippen molar-refractivity contribution in [3.8, 4) is 5.75 Å². The van der Waals surface area contributed by atoms with E-state index < -0.39 is 0 Å². The number of methoxy groups -OCH3 is 1. The molecule has 0 fully saturated rings. The first kappa shape index (κ1) is 15.1. The van der Waals surface area contributed by atoms with Crippen LogP contribution in [0.25, 0.3) is 0 Å². The number of esters is 1. The Morgan fingerprint density at radius 2 is 1.95 bits per heavy atom. The molecule has 1 rings (SSSR count). The molecule has 19 heavy (non-hydrogen) atoms. The molecular formula is C15H21NO3. The zero-order valence-corrected chi connectivity index (χ0v) is 11.7. The summed E-state index contributed by atoms with van der Waals surface area (Å²) in [4.78, 5) is 11.4. The highest BCUT2D eigenvalue weighted by atomic mass is 16.5. The van der Waals surface area contributed by atoms with Gasteiger partial charge in [-0.05, 0) is 37.6 Å². The Morgan fingerprint density at radius 1 is 1.26 bits per heavy atom. The van der Waals surface area contributed by atoms with Crippen molar-refractivity contribution in [2.45, 2.75) is 20.3 Å². The van der Waals surface area contributed by atoms with Crippen molar-refractivity contribution < 1.29 is 14.3 Å². The van der Waals surface area contributed by atoms with Gasteiger partial charge in [0.15, 0.2) is 0 Å². The van der Waals surface area contributed by atoms with Gasteiger partial charge in [-0.2, -0.15) is 0 Å². The molecule has 0 aliphatic heterocycles. The molecule has 0 heterocycles. The molecule has 4 heteroatoms. The van der Waals surface area contributed by atoms with Gasteiger partial charge in [0.2, 0.25) is 0 Å². The van der Waals surface area contributed by atoms with Crippen molar-refractivity contribution in [2.24, 2.45) is 0 Å². The standard InChI is InChI=1S/C15H21NO3/c1-4-12(15(17)18-3)10-11-16-13-6-8-14(9-7-13)19-5-2/h6-10,16H,4-5,11H2,1-3H3/b12-10-. The fourth-order valence-corrected chi connectivity index (χ4v) is 1.63. The Hall–Kier alpha value is -1.97. The van der Waals surface area contributed by atoms with Gasteiger partial charge >= 0.3 is 5.97 Å². The third-order valence-corrected chi connectivity index (χ3v) is 2.65. The van der Waals surface area contributed by atoms with Crippen LogP contribution in [0.2, 0.25) is 0 Å². The summed E-state index contributed by atoms with van der Waals surface area (Å²) in [6.45, 7) is 5.14. The molecular weight excluding hydrogens is 242 g/mol. The first-order chi connectivity index (χ1) is 9.21. The molecule has 1 aromatic rings. The van der Waals surface area contributed by atoms with Crippen LogP contribution in [0.1, 0.15) is 20.3 Å². The van der Waals surface area contributed by atoms with Crippen LogP contribution in [0.4, 0.5) is 5.69 Å². The molecule has 0 unspecified atom stereocenters. The van der Waals surface area contributed by atoms with Crippen LogP contribution < -0.4 is 10.1 Å². The van der Waals surface area contributed by atoms with E-state index in [-0.39, 0.29) is 5.97 Å². The summed E-state index contributed by atoms with van der Waals surface area (Å²) in [6.07, 6.45) is 2.51. The summed E-state index contributed by atoms with van der Waals surface area (Å²) in [5.74, 6) is 0.586. The average Bonchev–Trinajstić information content (AvgIpc) is 2.45. The fourth-order valence-electron chi connectivity index (χ4n) is 1.63. The fraction of sp³-hybridized carbons (Fsp3) is 0.400. The van der Waals surface area contributed by atoms with Crippen molar-refractivity contribution in [1.82, 2.24) is 0 Å². The van der Waals surface area contributed by atoms with E-state index in [9.17, 15) is 4.79 Å². The normalized spacial score (nSPS) is 11.0. The van der Waals surface area contributed by atoms with E-state index in [0.29, 0.717) is 25.1 Å². The van der Waals surface area contributed by atoms with Gasteiger partial charge in [-0.1, -0.05) is 13.0 Å². The lowest BCUT2D eigenvalue weighted by atomic mass is 10.2. The average molecular weight is 263 g/mol. The second-order valence-corrected chi connectivity index (χ2v) is 3.91. The minimum absolute atomic E-state index is 0.268. The molecule has 1 N–H and O–H groups in total. The minimum Gasteiger partial charge on any atom is -0.494 e. The molecule has 1 aromatic carbocycles. The Kier molecular flexibility index (Phi) is 6.50. The van der Waals surface area contributed by atoms with E-state index in [1.165, 1.54) is 7.11 Å². The maximum Gasteiger partial charge on any atom is 0.333 e. The molecule has 0 aliphatic carbocycles. The van der Waals surface area contributed by atoms with Crippen molar-refractivity contribution >= 4 is 11.7 Å². The van der Waals surface area contributed by atoms with Gasteiger partial charge in [0.25, 0.3) is 0 Å². The molecule has 0 atom stereocenters. The van der Waals surface area contributed by atoms with E-state index in [2.05, 4.69) is 5.32 Å². The first-order valence-corrected chi connectivity index (χ1v) is 6.45. The van der Waals surface area contributed by atoms with Gasteiger partial charge in [0.05, 0.1) is 13.7 Å². The first-order valence-electron chi connectivity index (χ1n) is 6.45. The molecule has 0 aromatic heterocycles. The predicted molar refractivity (Wildman–Crippen MR) is 76.5 cm³/mol. The Bertz CT molecular complexity index is 424. The number of ether oxygens (including phenoxy) is 2. The molecule has 0 spiro atoms. The third-order valence-electron chi connectivity index (χ3n) is 2.65. The zero-order valence-electron chi connectivity index (χ0n) is 11.7. The van der Waals surface area contributed by atoms with Crippen molar-refractivity contribution in [2.75, 3.05) is 25.6 Å². The number of anilines is 1. The number of hydrogen-bond donors (Lipinski definition) is 1. The van der Waals surface area contributed by atoms with Gasteiger partial charge in [0, 0.05) is 17.8 Å². The van der Waals surface area contributed by atoms with Crippen molar-refractivity contribution in [3.63, 3.8) is 0 Å². The molecule has 104 valence electrons. The lowest BCUT2D eigenvalue weighted by Gasteiger charge is -2.07. The molecule has 0 bridgehead atoms. The van der Waals surface area contributed by atoms with Crippen molar-refractivity contribution in [3.05, 3.63) is 35.9 Å². The zero-order chi connectivity index (χ0) is 14.1. The number of benzene rings is 1. The predicted octanol–water partition coefficient (Wildman–Crippen LogP) is 3.01. The maximum atomic E-state index is 11.4. The molecule has 0 saturated heterocycles. The Balaban J connectivity index is 2.52. The Morgan fingerprint density at radius 3 is 2.47 bits per heavy atom. The van der Waals surface area contributed by atoms with Crippen LogP contribution in [-0.2, 0) is 9.53 Å². The van der Waals surface area contributed by atoms with Gasteiger partial charge in [-0.3, -0.25) is 0 Å². The van der Waals surface area contributed by atoms with E-state index in [1.54, 1.807) is 0 Å². The van der Waals surface area contributed by atoms with Crippen LogP contribution in [-0.4, -0.2) is 26.2 Å². The molecule has 0 radical (unpaired) electrons. The summed E-state index contributed by atoms with van der Waals surface area (Å²) in [5.41, 5.74) is 1.67. The van der Waals surface area contributed by atoms with E-state index in [4.69, 9.17) is 9.47 Å². The second kappa shape index (κ2) is 8.19. The maximum absolute atomic E-state index is 11.4. The van der Waals surface area contributed by atoms with E-state index in [0.717, 1.165) is 11.4 Å². The number of nitrogens with one attached hydrogen (secondary N) is 1. The summed E-state index contributed by atoms with van der Waals surface area (Å²) < 4.78 is 10.1. The van der Waals surface area contributed by atoms with Gasteiger partial charge in [-0.25, -0.2) is 4.79 Å². The summed E-state index contributed by atoms with van der Waals surface area (Å²) in [5, 5.41) is 3.22. The van der Waals surface area contributed by atoms with Crippen molar-refractivity contribution in [1.29, 1.82) is 0 Å². The molecule has 4 nitrogen and oxygen atoms in total. The van der Waals surface area contributed by atoms with Crippen LogP contribution in [0.3, 0.4) is 0 Å². The van der Waals surface area contributed by atoms with Gasteiger partial charge in [0.1, 0.15) is 5.75 Å². The van der Waals surface area contributed by atoms with Crippen LogP contribution in [0.5, 0.6) is 5.75 Å². The SMILES string of the molecule is CCOc1ccc(NC/C=C(/CC)C(=O)OC)cc1. The quantitative estimate of drug-likeness (QED) is 0.607. The highest BCUT2D eigenvalue weighted by Crippen LogP contribution is 2.15. The van der Waals surface area contributed by atoms with E-state index >= 15 is 0 Å². The summed E-state index contributed by atoms with van der Waals surface area (Å²) in [7, 11) is 1.39. The minimum atomic E-state index is -0.268. The lowest BCUT2D eigenvalue weighted by Crippen LogP contribution is -2.07. The van der Waals surface area contributed by atoms with Crippen LogP contribution >= 0.6 is 0 Å². The number of carbonyl (C=O) groups is 1. The molecule has 0 saturated carbocycles. The topological polar surface area (TPSA) is 47.6 Å². The third kappa shape index (κ3) is 5.04. The highest BCUT2D eigenvalue weighted by molar-refractivity contribution is 5.88. The largest absolute Gasteiger partial charge is 0.494 e. The van der Waals surface area contributed by atoms with Gasteiger partial charge in [-0.15, -0.1) is 0 Å².